The Balaban J connectivity index is 0.00000161. The first-order valence-electron chi connectivity index (χ1n) is 6.91. The van der Waals surface area contributed by atoms with E-state index in [1.807, 2.05) is 19.2 Å². The molecule has 0 aromatic heterocycles. The Morgan fingerprint density at radius 1 is 0.952 bits per heavy atom. The third-order valence-electron chi connectivity index (χ3n) is 4.19. The van der Waals surface area contributed by atoms with Gasteiger partial charge >= 0.3 is 0 Å². The lowest BCUT2D eigenvalue weighted by atomic mass is 9.77. The minimum absolute atomic E-state index is 0. The van der Waals surface area contributed by atoms with Gasteiger partial charge in [-0.3, -0.25) is 0 Å². The maximum absolute atomic E-state index is 6.17. The van der Waals surface area contributed by atoms with Gasteiger partial charge in [-0.15, -0.1) is 0 Å². The van der Waals surface area contributed by atoms with Crippen molar-refractivity contribution in [3.05, 3.63) is 69.2 Å². The Morgan fingerprint density at radius 3 is 2.33 bits per heavy atom. The van der Waals surface area contributed by atoms with E-state index in [-0.39, 0.29) is 12.4 Å². The number of rotatable bonds is 2. The molecule has 1 N–H and O–H groups in total. The summed E-state index contributed by atoms with van der Waals surface area (Å²) in [5.41, 5.74) is 4.05. The molecule has 2 atom stereocenters. The van der Waals surface area contributed by atoms with Crippen LogP contribution in [-0.4, -0.2) is 7.05 Å². The second-order valence-corrected chi connectivity index (χ2v) is 6.09. The Morgan fingerprint density at radius 2 is 1.67 bits per heavy atom. The van der Waals surface area contributed by atoms with Crippen LogP contribution in [-0.2, 0) is 0 Å². The molecular formula is C17H17Cl3N-. The van der Waals surface area contributed by atoms with Crippen LogP contribution in [0.5, 0.6) is 0 Å². The van der Waals surface area contributed by atoms with Gasteiger partial charge in [0.2, 0.25) is 0 Å². The molecule has 0 spiro atoms. The van der Waals surface area contributed by atoms with Crippen LogP contribution >= 0.6 is 23.2 Å². The summed E-state index contributed by atoms with van der Waals surface area (Å²) in [5.74, 6) is 0.408. The summed E-state index contributed by atoms with van der Waals surface area (Å²) >= 11 is 12.2. The van der Waals surface area contributed by atoms with Crippen LogP contribution in [0.4, 0.5) is 0 Å². The molecule has 0 saturated carbocycles. The van der Waals surface area contributed by atoms with Crippen LogP contribution in [0.3, 0.4) is 0 Å². The van der Waals surface area contributed by atoms with Crippen LogP contribution in [0, 0.1) is 0 Å². The fraction of sp³-hybridized carbons (Fsp3) is 0.294. The Kier molecular flexibility index (Phi) is 5.56. The van der Waals surface area contributed by atoms with Gasteiger partial charge in [0.1, 0.15) is 0 Å². The van der Waals surface area contributed by atoms with Gasteiger partial charge < -0.3 is 17.7 Å². The minimum atomic E-state index is 0. The van der Waals surface area contributed by atoms with E-state index in [0.29, 0.717) is 22.0 Å². The van der Waals surface area contributed by atoms with Crippen LogP contribution in [0.1, 0.15) is 41.5 Å². The summed E-state index contributed by atoms with van der Waals surface area (Å²) in [7, 11) is 2.03. The van der Waals surface area contributed by atoms with Gasteiger partial charge in [0.15, 0.2) is 0 Å². The summed E-state index contributed by atoms with van der Waals surface area (Å²) in [6.45, 7) is 0. The average Bonchev–Trinajstić information content (AvgIpc) is 2.49. The van der Waals surface area contributed by atoms with E-state index in [2.05, 4.69) is 35.6 Å². The van der Waals surface area contributed by atoms with Crippen molar-refractivity contribution < 1.29 is 12.4 Å². The Labute approximate surface area is 142 Å². The fourth-order valence-corrected chi connectivity index (χ4v) is 3.47. The lowest BCUT2D eigenvalue weighted by molar-refractivity contribution is -0.00000384. The highest BCUT2D eigenvalue weighted by molar-refractivity contribution is 6.42. The molecule has 2 aromatic rings. The number of fused-ring (bicyclic) bond motifs is 1. The maximum atomic E-state index is 6.17. The quantitative estimate of drug-likeness (QED) is 0.883. The third kappa shape index (κ3) is 3.22. The van der Waals surface area contributed by atoms with Crippen molar-refractivity contribution in [2.24, 2.45) is 0 Å². The summed E-state index contributed by atoms with van der Waals surface area (Å²) in [4.78, 5) is 0. The van der Waals surface area contributed by atoms with Crippen molar-refractivity contribution in [1.29, 1.82) is 0 Å². The van der Waals surface area contributed by atoms with E-state index in [1.54, 1.807) is 0 Å². The highest BCUT2D eigenvalue weighted by Gasteiger charge is 2.27. The summed E-state index contributed by atoms with van der Waals surface area (Å²) in [6, 6.07) is 15.1. The molecule has 0 radical (unpaired) electrons. The van der Waals surface area contributed by atoms with Crippen molar-refractivity contribution in [2.75, 3.05) is 7.05 Å². The number of hydrogen-bond acceptors (Lipinski definition) is 1. The van der Waals surface area contributed by atoms with Crippen molar-refractivity contribution in [3.8, 4) is 0 Å². The molecule has 3 rings (SSSR count). The van der Waals surface area contributed by atoms with E-state index in [1.165, 1.54) is 16.7 Å². The number of halogens is 3. The van der Waals surface area contributed by atoms with Gasteiger partial charge in [-0.2, -0.15) is 0 Å². The molecular weight excluding hydrogens is 325 g/mol. The fourth-order valence-electron chi connectivity index (χ4n) is 3.17. The predicted molar refractivity (Wildman–Crippen MR) is 85.8 cm³/mol. The van der Waals surface area contributed by atoms with E-state index in [4.69, 9.17) is 23.2 Å². The van der Waals surface area contributed by atoms with Gasteiger partial charge in [0.25, 0.3) is 0 Å². The summed E-state index contributed by atoms with van der Waals surface area (Å²) < 4.78 is 0. The van der Waals surface area contributed by atoms with Crippen molar-refractivity contribution in [3.63, 3.8) is 0 Å². The molecule has 2 unspecified atom stereocenters. The number of benzene rings is 2. The molecule has 0 heterocycles. The van der Waals surface area contributed by atoms with Crippen LogP contribution < -0.4 is 17.7 Å². The zero-order valence-electron chi connectivity index (χ0n) is 11.7. The normalized spacial score (nSPS) is 20.5. The standard InChI is InChI=1S/C17H17Cl2N.ClH/c1-20-17-9-7-12(13-4-2-3-5-14(13)17)11-6-8-15(18)16(19)10-11;/h2-6,8,10,12,17,20H,7,9H2,1H3;1H/p-1. The SMILES string of the molecule is CNC1CCC(c2ccc(Cl)c(Cl)c2)c2ccccc21.[Cl-]. The first-order valence-corrected chi connectivity index (χ1v) is 7.67. The number of hydrogen-bond donors (Lipinski definition) is 1. The second kappa shape index (κ2) is 7.02. The molecule has 0 bridgehead atoms. The van der Waals surface area contributed by atoms with Crippen LogP contribution in [0.2, 0.25) is 10.0 Å². The van der Waals surface area contributed by atoms with E-state index < -0.39 is 0 Å². The largest absolute Gasteiger partial charge is 1.00 e. The van der Waals surface area contributed by atoms with E-state index in [9.17, 15) is 0 Å². The molecule has 112 valence electrons. The van der Waals surface area contributed by atoms with Gasteiger partial charge in [0, 0.05) is 12.0 Å². The monoisotopic (exact) mass is 340 g/mol. The Bertz CT molecular complexity index is 627. The summed E-state index contributed by atoms with van der Waals surface area (Å²) in [6.07, 6.45) is 2.26. The molecule has 0 amide bonds. The first kappa shape index (κ1) is 16.6. The van der Waals surface area contributed by atoms with Gasteiger partial charge in [-0.05, 0) is 48.7 Å². The van der Waals surface area contributed by atoms with Crippen molar-refractivity contribution >= 4 is 23.2 Å². The van der Waals surface area contributed by atoms with Gasteiger partial charge in [-0.1, -0.05) is 53.5 Å². The highest BCUT2D eigenvalue weighted by Crippen LogP contribution is 2.42. The average molecular weight is 342 g/mol. The predicted octanol–water partition coefficient (Wildman–Crippen LogP) is 2.18. The molecule has 2 aromatic carbocycles. The highest BCUT2D eigenvalue weighted by atomic mass is 35.5. The molecule has 0 fully saturated rings. The zero-order chi connectivity index (χ0) is 14.1. The first-order chi connectivity index (χ1) is 9.70. The second-order valence-electron chi connectivity index (χ2n) is 5.27. The van der Waals surface area contributed by atoms with E-state index >= 15 is 0 Å². The van der Waals surface area contributed by atoms with Crippen LogP contribution in [0.15, 0.2) is 42.5 Å². The Hall–Kier alpha value is -0.730. The summed E-state index contributed by atoms with van der Waals surface area (Å²) in [5, 5.41) is 4.66. The van der Waals surface area contributed by atoms with E-state index in [0.717, 1.165) is 12.8 Å². The number of nitrogens with one attached hydrogen (secondary N) is 1. The van der Waals surface area contributed by atoms with Gasteiger partial charge in [0.05, 0.1) is 10.0 Å². The van der Waals surface area contributed by atoms with Crippen molar-refractivity contribution in [1.82, 2.24) is 5.32 Å². The smallest absolute Gasteiger partial charge is 0.0595 e. The zero-order valence-corrected chi connectivity index (χ0v) is 14.0. The molecule has 21 heavy (non-hydrogen) atoms. The lowest BCUT2D eigenvalue weighted by Crippen LogP contribution is -3.00. The third-order valence-corrected chi connectivity index (χ3v) is 4.92. The lowest BCUT2D eigenvalue weighted by Gasteiger charge is -2.32. The minimum Gasteiger partial charge on any atom is -1.00 e. The molecule has 0 aliphatic heterocycles. The van der Waals surface area contributed by atoms with Crippen LogP contribution in [0.25, 0.3) is 0 Å². The molecule has 1 aliphatic carbocycles. The molecule has 0 saturated heterocycles. The molecule has 1 aliphatic rings. The molecule has 4 heteroatoms. The van der Waals surface area contributed by atoms with Gasteiger partial charge in [-0.25, -0.2) is 0 Å². The van der Waals surface area contributed by atoms with Crippen molar-refractivity contribution in [2.45, 2.75) is 24.8 Å². The maximum Gasteiger partial charge on any atom is 0.0595 e. The topological polar surface area (TPSA) is 12.0 Å². The molecule has 1 nitrogen and oxygen atoms in total.